The van der Waals surface area contributed by atoms with Crippen molar-refractivity contribution in [3.05, 3.63) is 29.8 Å². The van der Waals surface area contributed by atoms with Crippen LogP contribution in [0.4, 0.5) is 0 Å². The highest BCUT2D eigenvalue weighted by molar-refractivity contribution is 5.82. The largest absolute Gasteiger partial charge is 0.482 e. The van der Waals surface area contributed by atoms with Crippen LogP contribution in [0.2, 0.25) is 0 Å². The highest BCUT2D eigenvalue weighted by Crippen LogP contribution is 2.28. The van der Waals surface area contributed by atoms with Gasteiger partial charge in [-0.3, -0.25) is 20.4 Å². The van der Waals surface area contributed by atoms with Gasteiger partial charge in [0.25, 0.3) is 5.91 Å². The third-order valence-electron chi connectivity index (χ3n) is 3.96. The minimum Gasteiger partial charge on any atom is -0.482 e. The van der Waals surface area contributed by atoms with Gasteiger partial charge in [0.2, 0.25) is 5.91 Å². The molecule has 122 valence electrons. The molecule has 0 aromatic heterocycles. The van der Waals surface area contributed by atoms with E-state index < -0.39 is 5.91 Å². The molecule has 0 atom stereocenters. The standard InChI is InChI=1S/C17H21N3O3/c18-11-14-7-3-4-8-15(14)23-12-17(22)20-19-16(21)10-9-13-5-1-2-6-13/h3-4,7-8,13H,1-2,5-6,9-10,12H2,(H,19,21)(H,20,22). The first kappa shape index (κ1) is 16.8. The van der Waals surface area contributed by atoms with Crippen LogP contribution in [0.5, 0.6) is 5.75 Å². The minimum atomic E-state index is -0.466. The van der Waals surface area contributed by atoms with E-state index >= 15 is 0 Å². The van der Waals surface area contributed by atoms with Crippen LogP contribution < -0.4 is 15.6 Å². The summed E-state index contributed by atoms with van der Waals surface area (Å²) in [5.74, 6) is 0.328. The summed E-state index contributed by atoms with van der Waals surface area (Å²) in [5, 5.41) is 8.92. The Kier molecular flexibility index (Phi) is 6.42. The van der Waals surface area contributed by atoms with Crippen LogP contribution in [0, 0.1) is 17.2 Å². The zero-order valence-corrected chi connectivity index (χ0v) is 13.0. The Balaban J connectivity index is 1.64. The molecule has 1 aromatic carbocycles. The molecule has 1 aliphatic carbocycles. The lowest BCUT2D eigenvalue weighted by atomic mass is 10.0. The predicted octanol–water partition coefficient (Wildman–Crippen LogP) is 2.05. The maximum Gasteiger partial charge on any atom is 0.276 e. The van der Waals surface area contributed by atoms with Crippen molar-refractivity contribution < 1.29 is 14.3 Å². The maximum atomic E-state index is 11.7. The molecular weight excluding hydrogens is 294 g/mol. The van der Waals surface area contributed by atoms with Crippen LogP contribution >= 0.6 is 0 Å². The molecule has 2 N–H and O–H groups in total. The number of hydrogen-bond acceptors (Lipinski definition) is 4. The molecule has 2 rings (SSSR count). The third kappa shape index (κ3) is 5.62. The SMILES string of the molecule is N#Cc1ccccc1OCC(=O)NNC(=O)CCC1CCCC1. The molecule has 0 heterocycles. The van der Waals surface area contributed by atoms with E-state index in [4.69, 9.17) is 10.00 Å². The second-order valence-electron chi connectivity index (χ2n) is 5.68. The van der Waals surface area contributed by atoms with Gasteiger partial charge in [0.15, 0.2) is 6.61 Å². The third-order valence-corrected chi connectivity index (χ3v) is 3.96. The topological polar surface area (TPSA) is 91.2 Å². The summed E-state index contributed by atoms with van der Waals surface area (Å²) in [6.45, 7) is -0.262. The summed E-state index contributed by atoms with van der Waals surface area (Å²) in [4.78, 5) is 23.3. The van der Waals surface area contributed by atoms with Crippen LogP contribution in [-0.2, 0) is 9.59 Å². The Morgan fingerprint density at radius 1 is 1.17 bits per heavy atom. The molecule has 0 spiro atoms. The van der Waals surface area contributed by atoms with Crippen LogP contribution in [0.25, 0.3) is 0 Å². The monoisotopic (exact) mass is 315 g/mol. The fourth-order valence-corrected chi connectivity index (χ4v) is 2.70. The van der Waals surface area contributed by atoms with Crippen LogP contribution in [0.3, 0.4) is 0 Å². The number of para-hydroxylation sites is 1. The Morgan fingerprint density at radius 2 is 1.87 bits per heavy atom. The number of hydrazine groups is 1. The normalized spacial score (nSPS) is 14.0. The van der Waals surface area contributed by atoms with E-state index in [2.05, 4.69) is 10.9 Å². The molecule has 2 amide bonds. The fourth-order valence-electron chi connectivity index (χ4n) is 2.70. The van der Waals surface area contributed by atoms with Crippen LogP contribution in [0.15, 0.2) is 24.3 Å². The Morgan fingerprint density at radius 3 is 2.61 bits per heavy atom. The minimum absolute atomic E-state index is 0.192. The first-order valence-electron chi connectivity index (χ1n) is 7.88. The molecule has 0 saturated heterocycles. The zero-order chi connectivity index (χ0) is 16.5. The second kappa shape index (κ2) is 8.79. The lowest BCUT2D eigenvalue weighted by Crippen LogP contribution is -2.43. The number of nitrogens with one attached hydrogen (secondary N) is 2. The molecule has 6 nitrogen and oxygen atoms in total. The molecule has 1 saturated carbocycles. The molecule has 1 aliphatic rings. The summed E-state index contributed by atoms with van der Waals surface area (Å²) in [6.07, 6.45) is 6.20. The number of carbonyl (C=O) groups excluding carboxylic acids is 2. The van der Waals surface area contributed by atoms with Gasteiger partial charge in [-0.1, -0.05) is 37.8 Å². The van der Waals surface area contributed by atoms with Gasteiger partial charge >= 0.3 is 0 Å². The summed E-state index contributed by atoms with van der Waals surface area (Å²) in [6, 6.07) is 8.65. The van der Waals surface area contributed by atoms with Gasteiger partial charge in [-0.15, -0.1) is 0 Å². The number of rotatable bonds is 6. The molecule has 1 aromatic rings. The van der Waals surface area contributed by atoms with Crippen molar-refractivity contribution in [1.29, 1.82) is 5.26 Å². The van der Waals surface area contributed by atoms with Crippen molar-refractivity contribution in [3.8, 4) is 11.8 Å². The summed E-state index contributed by atoms with van der Waals surface area (Å²) in [7, 11) is 0. The predicted molar refractivity (Wildman–Crippen MR) is 84.1 cm³/mol. The number of hydrogen-bond donors (Lipinski definition) is 2. The number of benzene rings is 1. The van der Waals surface area contributed by atoms with E-state index in [1.54, 1.807) is 24.3 Å². The van der Waals surface area contributed by atoms with Gasteiger partial charge < -0.3 is 4.74 Å². The summed E-state index contributed by atoms with van der Waals surface area (Å²) < 4.78 is 5.28. The molecule has 23 heavy (non-hydrogen) atoms. The van der Waals surface area contributed by atoms with Crippen molar-refractivity contribution in [2.24, 2.45) is 5.92 Å². The summed E-state index contributed by atoms with van der Waals surface area (Å²) >= 11 is 0. The highest BCUT2D eigenvalue weighted by Gasteiger charge is 2.16. The van der Waals surface area contributed by atoms with E-state index in [0.29, 0.717) is 23.7 Å². The van der Waals surface area contributed by atoms with E-state index in [1.165, 1.54) is 25.7 Å². The Labute approximate surface area is 135 Å². The number of nitriles is 1. The van der Waals surface area contributed by atoms with Crippen LogP contribution in [-0.4, -0.2) is 18.4 Å². The maximum absolute atomic E-state index is 11.7. The molecule has 1 fully saturated rings. The van der Waals surface area contributed by atoms with Gasteiger partial charge in [-0.2, -0.15) is 5.26 Å². The average molecular weight is 315 g/mol. The van der Waals surface area contributed by atoms with E-state index in [0.717, 1.165) is 6.42 Å². The fraction of sp³-hybridized carbons (Fsp3) is 0.471. The van der Waals surface area contributed by atoms with Crippen molar-refractivity contribution in [2.75, 3.05) is 6.61 Å². The van der Waals surface area contributed by atoms with Crippen molar-refractivity contribution >= 4 is 11.8 Å². The van der Waals surface area contributed by atoms with Gasteiger partial charge in [-0.25, -0.2) is 0 Å². The van der Waals surface area contributed by atoms with Gasteiger partial charge in [0, 0.05) is 6.42 Å². The number of ether oxygens (including phenoxy) is 1. The molecule has 6 heteroatoms. The summed E-state index contributed by atoms with van der Waals surface area (Å²) in [5.41, 5.74) is 5.07. The first-order chi connectivity index (χ1) is 11.2. The molecule has 0 aliphatic heterocycles. The number of nitrogens with zero attached hydrogens (tertiary/aromatic N) is 1. The van der Waals surface area contributed by atoms with E-state index in [9.17, 15) is 9.59 Å². The van der Waals surface area contributed by atoms with Gasteiger partial charge in [0.1, 0.15) is 11.8 Å². The van der Waals surface area contributed by atoms with E-state index in [-0.39, 0.29) is 12.5 Å². The smallest absolute Gasteiger partial charge is 0.276 e. The number of amides is 2. The van der Waals surface area contributed by atoms with Gasteiger partial charge in [-0.05, 0) is 24.5 Å². The van der Waals surface area contributed by atoms with Crippen molar-refractivity contribution in [3.63, 3.8) is 0 Å². The van der Waals surface area contributed by atoms with Gasteiger partial charge in [0.05, 0.1) is 5.56 Å². The zero-order valence-electron chi connectivity index (χ0n) is 13.0. The van der Waals surface area contributed by atoms with Crippen molar-refractivity contribution in [2.45, 2.75) is 38.5 Å². The second-order valence-corrected chi connectivity index (χ2v) is 5.68. The molecule has 0 radical (unpaired) electrons. The average Bonchev–Trinajstić information content (AvgIpc) is 3.10. The Bertz CT molecular complexity index is 589. The number of carbonyl (C=O) groups is 2. The lowest BCUT2D eigenvalue weighted by molar-refractivity contribution is -0.130. The van der Waals surface area contributed by atoms with Crippen molar-refractivity contribution in [1.82, 2.24) is 10.9 Å². The lowest BCUT2D eigenvalue weighted by Gasteiger charge is -2.11. The highest BCUT2D eigenvalue weighted by atomic mass is 16.5. The Hall–Kier alpha value is -2.55. The molecule has 0 bridgehead atoms. The van der Waals surface area contributed by atoms with E-state index in [1.807, 2.05) is 6.07 Å². The van der Waals surface area contributed by atoms with Crippen LogP contribution in [0.1, 0.15) is 44.1 Å². The first-order valence-corrected chi connectivity index (χ1v) is 7.88. The molecular formula is C17H21N3O3. The molecule has 0 unspecified atom stereocenters. The quantitative estimate of drug-likeness (QED) is 0.786.